The molecule has 1 unspecified atom stereocenters. The fourth-order valence-corrected chi connectivity index (χ4v) is 1.67. The Morgan fingerprint density at radius 3 is 2.32 bits per heavy atom. The fraction of sp³-hybridized carbons (Fsp3) is 0.800. The number of amides is 2. The maximum absolute atomic E-state index is 12.6. The Morgan fingerprint density at radius 2 is 1.89 bits per heavy atom. The molecule has 0 bridgehead atoms. The van der Waals surface area contributed by atoms with Crippen LogP contribution in [0.5, 0.6) is 0 Å². The number of alkyl halides is 3. The minimum atomic E-state index is -5.08. The number of carbonyl (C=O) groups is 2. The lowest BCUT2D eigenvalue weighted by Gasteiger charge is -2.28. The Hall–Kier alpha value is -1.12. The van der Waals surface area contributed by atoms with Crippen LogP contribution in [0.15, 0.2) is 0 Å². The second kappa shape index (κ2) is 7.46. The highest BCUT2D eigenvalue weighted by atomic mass is 32.2. The maximum Gasteiger partial charge on any atom is 0.422 e. The van der Waals surface area contributed by atoms with Crippen molar-refractivity contribution in [1.82, 2.24) is 10.6 Å². The van der Waals surface area contributed by atoms with Gasteiger partial charge in [0.05, 0.1) is 0 Å². The summed E-state index contributed by atoms with van der Waals surface area (Å²) in [5, 5.41) is 12.2. The smallest absolute Gasteiger partial charge is 0.422 e. The normalized spacial score (nSPS) is 14.6. The Labute approximate surface area is 113 Å². The van der Waals surface area contributed by atoms with Gasteiger partial charge in [-0.2, -0.15) is 24.9 Å². The van der Waals surface area contributed by atoms with Gasteiger partial charge in [0, 0.05) is 6.54 Å². The van der Waals surface area contributed by atoms with E-state index in [0.29, 0.717) is 13.3 Å². The third-order valence-corrected chi connectivity index (χ3v) is 3.30. The molecular weight excluding hydrogens is 285 g/mol. The molecule has 0 spiro atoms. The van der Waals surface area contributed by atoms with Crippen LogP contribution in [0.1, 0.15) is 20.3 Å². The maximum atomic E-state index is 12.6. The van der Waals surface area contributed by atoms with Gasteiger partial charge in [0.15, 0.2) is 0 Å². The number of rotatable bonds is 7. The first kappa shape index (κ1) is 17.9. The summed E-state index contributed by atoms with van der Waals surface area (Å²) in [5.41, 5.74) is -3.30. The molecule has 0 saturated heterocycles. The summed E-state index contributed by atoms with van der Waals surface area (Å²) in [7, 11) is 0. The molecule has 112 valence electrons. The van der Waals surface area contributed by atoms with Gasteiger partial charge in [0.1, 0.15) is 0 Å². The van der Waals surface area contributed by atoms with Crippen LogP contribution in [0, 0.1) is 0 Å². The van der Waals surface area contributed by atoms with Gasteiger partial charge in [-0.25, -0.2) is 9.59 Å². The van der Waals surface area contributed by atoms with Gasteiger partial charge in [-0.3, -0.25) is 0 Å². The molecule has 19 heavy (non-hydrogen) atoms. The standard InChI is InChI=1S/C10H17F3N2O3S/c1-3-19-6-4-5-14-8(18)15-9(2,7(16)17)10(11,12)13/h3-6H2,1-2H3,(H,16,17)(H2,14,15,18). The van der Waals surface area contributed by atoms with Gasteiger partial charge in [0.25, 0.3) is 0 Å². The Balaban J connectivity index is 4.32. The number of carbonyl (C=O) groups excluding carboxylic acids is 1. The lowest BCUT2D eigenvalue weighted by molar-refractivity contribution is -0.203. The summed E-state index contributed by atoms with van der Waals surface area (Å²) in [5.74, 6) is -0.472. The molecule has 0 rings (SSSR count). The molecule has 9 heteroatoms. The number of carboxylic acid groups (broad SMARTS) is 1. The highest BCUT2D eigenvalue weighted by Gasteiger charge is 2.58. The first-order chi connectivity index (χ1) is 8.65. The molecule has 0 aliphatic heterocycles. The summed E-state index contributed by atoms with van der Waals surface area (Å²) in [4.78, 5) is 21.9. The lowest BCUT2D eigenvalue weighted by Crippen LogP contribution is -2.63. The zero-order chi connectivity index (χ0) is 15.1. The second-order valence-electron chi connectivity index (χ2n) is 3.86. The number of hydrogen-bond acceptors (Lipinski definition) is 3. The van der Waals surface area contributed by atoms with Crippen molar-refractivity contribution in [3.05, 3.63) is 0 Å². The molecule has 0 aromatic heterocycles. The number of thioether (sulfide) groups is 1. The first-order valence-corrected chi connectivity index (χ1v) is 6.74. The van der Waals surface area contributed by atoms with E-state index < -0.39 is 23.7 Å². The van der Waals surface area contributed by atoms with Crippen LogP contribution in [-0.4, -0.2) is 46.9 Å². The van der Waals surface area contributed by atoms with Gasteiger partial charge >= 0.3 is 18.2 Å². The first-order valence-electron chi connectivity index (χ1n) is 5.59. The summed E-state index contributed by atoms with van der Waals surface area (Å²) in [6, 6.07) is -1.15. The highest BCUT2D eigenvalue weighted by molar-refractivity contribution is 7.99. The SMILES string of the molecule is CCSCCCNC(=O)NC(C)(C(=O)O)C(F)(F)F. The predicted molar refractivity (Wildman–Crippen MR) is 66.2 cm³/mol. The zero-order valence-corrected chi connectivity index (χ0v) is 11.5. The van der Waals surface area contributed by atoms with Crippen LogP contribution in [0.25, 0.3) is 0 Å². The molecule has 2 amide bonds. The van der Waals surface area contributed by atoms with Gasteiger partial charge in [-0.15, -0.1) is 0 Å². The number of hydrogen-bond donors (Lipinski definition) is 3. The third kappa shape index (κ3) is 5.58. The van der Waals surface area contributed by atoms with Gasteiger partial charge in [0.2, 0.25) is 5.54 Å². The summed E-state index contributed by atoms with van der Waals surface area (Å²) in [6.07, 6.45) is -4.48. The number of aliphatic carboxylic acids is 1. The van der Waals surface area contributed by atoms with Crippen LogP contribution >= 0.6 is 11.8 Å². The third-order valence-electron chi connectivity index (χ3n) is 2.31. The van der Waals surface area contributed by atoms with Crippen LogP contribution in [0.2, 0.25) is 0 Å². The van der Waals surface area contributed by atoms with E-state index in [-0.39, 0.29) is 6.54 Å². The number of carboxylic acids is 1. The molecular formula is C10H17F3N2O3S. The molecule has 0 aliphatic rings. The Kier molecular flexibility index (Phi) is 7.02. The molecule has 0 saturated carbocycles. The summed E-state index contributed by atoms with van der Waals surface area (Å²) < 4.78 is 37.7. The van der Waals surface area contributed by atoms with E-state index in [1.807, 2.05) is 6.92 Å². The topological polar surface area (TPSA) is 78.4 Å². The average molecular weight is 302 g/mol. The number of halogens is 3. The second-order valence-corrected chi connectivity index (χ2v) is 5.25. The summed E-state index contributed by atoms with van der Waals surface area (Å²) in [6.45, 7) is 2.56. The molecule has 0 aromatic carbocycles. The summed E-state index contributed by atoms with van der Waals surface area (Å²) >= 11 is 1.64. The molecule has 3 N–H and O–H groups in total. The van der Waals surface area contributed by atoms with Crippen LogP contribution in [0.3, 0.4) is 0 Å². The van der Waals surface area contributed by atoms with Crippen molar-refractivity contribution in [2.45, 2.75) is 32.0 Å². The molecule has 5 nitrogen and oxygen atoms in total. The number of urea groups is 1. The average Bonchev–Trinajstić information content (AvgIpc) is 2.26. The fourth-order valence-electron chi connectivity index (χ4n) is 1.04. The molecule has 1 atom stereocenters. The van der Waals surface area contributed by atoms with Crippen LogP contribution in [0.4, 0.5) is 18.0 Å². The zero-order valence-electron chi connectivity index (χ0n) is 10.6. The molecule has 0 aromatic rings. The van der Waals surface area contributed by atoms with Crippen LogP contribution in [-0.2, 0) is 4.79 Å². The van der Waals surface area contributed by atoms with E-state index in [9.17, 15) is 22.8 Å². The van der Waals surface area contributed by atoms with Crippen LogP contribution < -0.4 is 10.6 Å². The van der Waals surface area contributed by atoms with E-state index in [2.05, 4.69) is 5.32 Å². The highest BCUT2D eigenvalue weighted by Crippen LogP contribution is 2.30. The predicted octanol–water partition coefficient (Wildman–Crippen LogP) is 1.83. The van der Waals surface area contributed by atoms with Crippen molar-refractivity contribution in [3.8, 4) is 0 Å². The van der Waals surface area contributed by atoms with Crippen molar-refractivity contribution >= 4 is 23.8 Å². The molecule has 0 radical (unpaired) electrons. The Bertz CT molecular complexity index is 326. The minimum absolute atomic E-state index is 0.187. The van der Waals surface area contributed by atoms with E-state index in [0.717, 1.165) is 11.5 Å². The quantitative estimate of drug-likeness (QED) is 0.627. The van der Waals surface area contributed by atoms with Crippen molar-refractivity contribution in [2.24, 2.45) is 0 Å². The van der Waals surface area contributed by atoms with Crippen molar-refractivity contribution < 1.29 is 27.9 Å². The van der Waals surface area contributed by atoms with Crippen molar-refractivity contribution in [2.75, 3.05) is 18.1 Å². The van der Waals surface area contributed by atoms with Crippen molar-refractivity contribution in [1.29, 1.82) is 0 Å². The lowest BCUT2D eigenvalue weighted by atomic mass is 10.0. The van der Waals surface area contributed by atoms with E-state index in [4.69, 9.17) is 5.11 Å². The Morgan fingerprint density at radius 1 is 1.32 bits per heavy atom. The van der Waals surface area contributed by atoms with E-state index >= 15 is 0 Å². The largest absolute Gasteiger partial charge is 0.479 e. The monoisotopic (exact) mass is 302 g/mol. The molecule has 0 heterocycles. The molecule has 0 aliphatic carbocycles. The minimum Gasteiger partial charge on any atom is -0.479 e. The van der Waals surface area contributed by atoms with Gasteiger partial charge in [-0.1, -0.05) is 6.92 Å². The van der Waals surface area contributed by atoms with Gasteiger partial charge in [-0.05, 0) is 24.9 Å². The van der Waals surface area contributed by atoms with E-state index in [1.54, 1.807) is 11.8 Å². The molecule has 0 fully saturated rings. The number of nitrogens with one attached hydrogen (secondary N) is 2. The van der Waals surface area contributed by atoms with Gasteiger partial charge < -0.3 is 15.7 Å². The van der Waals surface area contributed by atoms with E-state index in [1.165, 1.54) is 5.32 Å². The van der Waals surface area contributed by atoms with Crippen molar-refractivity contribution in [3.63, 3.8) is 0 Å².